The molecule has 1 atom stereocenters. The molecule has 24 heavy (non-hydrogen) atoms. The lowest BCUT2D eigenvalue weighted by Gasteiger charge is -2.17. The SMILES string of the molecule is CC(Cc1cccnc1)NC(=O)Nc1cc2c([nH]c1=O)CCCC2. The third-order valence-electron chi connectivity index (χ3n) is 4.23. The molecule has 1 aliphatic rings. The average molecular weight is 326 g/mol. The molecule has 3 N–H and O–H groups in total. The molecule has 0 bridgehead atoms. The number of urea groups is 1. The Hall–Kier alpha value is -2.63. The summed E-state index contributed by atoms with van der Waals surface area (Å²) in [6.45, 7) is 1.92. The topological polar surface area (TPSA) is 86.9 Å². The fourth-order valence-electron chi connectivity index (χ4n) is 3.07. The first-order valence-electron chi connectivity index (χ1n) is 8.33. The highest BCUT2D eigenvalue weighted by atomic mass is 16.2. The van der Waals surface area contributed by atoms with E-state index in [-0.39, 0.29) is 17.6 Å². The summed E-state index contributed by atoms with van der Waals surface area (Å²) < 4.78 is 0. The van der Waals surface area contributed by atoms with Crippen LogP contribution in [0.4, 0.5) is 10.5 Å². The van der Waals surface area contributed by atoms with Crippen LogP contribution in [-0.4, -0.2) is 22.0 Å². The summed E-state index contributed by atoms with van der Waals surface area (Å²) in [6, 6.07) is 5.21. The molecule has 0 radical (unpaired) electrons. The first-order chi connectivity index (χ1) is 11.6. The van der Waals surface area contributed by atoms with Crippen molar-refractivity contribution in [2.75, 3.05) is 5.32 Å². The molecule has 126 valence electrons. The van der Waals surface area contributed by atoms with E-state index >= 15 is 0 Å². The standard InChI is InChI=1S/C18H22N4O2/c1-12(9-13-5-4-8-19-11-13)20-18(24)22-16-10-14-6-2-3-7-15(14)21-17(16)23/h4-5,8,10-12H,2-3,6-7,9H2,1H3,(H,21,23)(H2,20,22,24). The Morgan fingerprint density at radius 2 is 2.21 bits per heavy atom. The van der Waals surface area contributed by atoms with Crippen molar-refractivity contribution in [1.82, 2.24) is 15.3 Å². The molecule has 0 fully saturated rings. The van der Waals surface area contributed by atoms with E-state index in [2.05, 4.69) is 20.6 Å². The van der Waals surface area contributed by atoms with Crippen LogP contribution in [0, 0.1) is 0 Å². The monoisotopic (exact) mass is 326 g/mol. The molecule has 0 aromatic carbocycles. The second-order valence-electron chi connectivity index (χ2n) is 6.29. The van der Waals surface area contributed by atoms with Crippen LogP contribution in [0.1, 0.15) is 36.6 Å². The summed E-state index contributed by atoms with van der Waals surface area (Å²) >= 11 is 0. The number of carbonyl (C=O) groups excluding carboxylic acids is 1. The average Bonchev–Trinajstić information content (AvgIpc) is 2.56. The van der Waals surface area contributed by atoms with Crippen molar-refractivity contribution in [3.05, 3.63) is 57.8 Å². The van der Waals surface area contributed by atoms with Gasteiger partial charge >= 0.3 is 6.03 Å². The summed E-state index contributed by atoms with van der Waals surface area (Å²) in [5, 5.41) is 5.52. The molecule has 3 rings (SSSR count). The minimum Gasteiger partial charge on any atom is -0.335 e. The van der Waals surface area contributed by atoms with E-state index in [1.807, 2.05) is 19.1 Å². The highest BCUT2D eigenvalue weighted by Gasteiger charge is 2.15. The van der Waals surface area contributed by atoms with E-state index in [0.29, 0.717) is 12.1 Å². The number of hydrogen-bond donors (Lipinski definition) is 3. The van der Waals surface area contributed by atoms with E-state index in [9.17, 15) is 9.59 Å². The van der Waals surface area contributed by atoms with Crippen molar-refractivity contribution in [2.45, 2.75) is 45.1 Å². The molecule has 2 amide bonds. The number of pyridine rings is 2. The molecular weight excluding hydrogens is 304 g/mol. The normalized spacial score (nSPS) is 14.5. The fourth-order valence-corrected chi connectivity index (χ4v) is 3.07. The first kappa shape index (κ1) is 16.2. The zero-order valence-corrected chi connectivity index (χ0v) is 13.8. The van der Waals surface area contributed by atoms with Gasteiger partial charge in [0.15, 0.2) is 0 Å². The minimum absolute atomic E-state index is 0.0640. The van der Waals surface area contributed by atoms with Crippen LogP contribution in [0.25, 0.3) is 0 Å². The van der Waals surface area contributed by atoms with Crippen LogP contribution in [-0.2, 0) is 19.3 Å². The molecular formula is C18H22N4O2. The summed E-state index contributed by atoms with van der Waals surface area (Å²) in [5.41, 5.74) is 3.24. The Labute approximate surface area is 140 Å². The van der Waals surface area contributed by atoms with Gasteiger partial charge in [0.2, 0.25) is 0 Å². The van der Waals surface area contributed by atoms with Gasteiger partial charge in [-0.25, -0.2) is 4.79 Å². The number of anilines is 1. The molecule has 0 saturated carbocycles. The number of amides is 2. The molecule has 6 heteroatoms. The first-order valence-corrected chi connectivity index (χ1v) is 8.33. The Balaban J connectivity index is 1.61. The van der Waals surface area contributed by atoms with E-state index in [1.54, 1.807) is 18.5 Å². The number of fused-ring (bicyclic) bond motifs is 1. The highest BCUT2D eigenvalue weighted by Crippen LogP contribution is 2.19. The van der Waals surface area contributed by atoms with Gasteiger partial charge in [-0.3, -0.25) is 9.78 Å². The van der Waals surface area contributed by atoms with Crippen molar-refractivity contribution in [2.24, 2.45) is 0 Å². The maximum Gasteiger partial charge on any atom is 0.319 e. The van der Waals surface area contributed by atoms with Crippen molar-refractivity contribution in [3.8, 4) is 0 Å². The van der Waals surface area contributed by atoms with Crippen LogP contribution >= 0.6 is 0 Å². The van der Waals surface area contributed by atoms with Gasteiger partial charge in [-0.05, 0) is 62.3 Å². The van der Waals surface area contributed by atoms with Crippen molar-refractivity contribution in [3.63, 3.8) is 0 Å². The van der Waals surface area contributed by atoms with Gasteiger partial charge in [-0.1, -0.05) is 6.07 Å². The fraction of sp³-hybridized carbons (Fsp3) is 0.389. The van der Waals surface area contributed by atoms with Gasteiger partial charge in [0.25, 0.3) is 5.56 Å². The molecule has 2 aromatic rings. The van der Waals surface area contributed by atoms with Gasteiger partial charge in [0.1, 0.15) is 5.69 Å². The largest absolute Gasteiger partial charge is 0.335 e. The lowest BCUT2D eigenvalue weighted by atomic mass is 9.96. The van der Waals surface area contributed by atoms with Crippen LogP contribution in [0.3, 0.4) is 0 Å². The van der Waals surface area contributed by atoms with Crippen LogP contribution in [0.15, 0.2) is 35.4 Å². The quantitative estimate of drug-likeness (QED) is 0.806. The van der Waals surface area contributed by atoms with E-state index in [1.165, 1.54) is 0 Å². The van der Waals surface area contributed by atoms with Gasteiger partial charge in [-0.15, -0.1) is 0 Å². The third-order valence-corrected chi connectivity index (χ3v) is 4.23. The molecule has 2 heterocycles. The number of aromatic amines is 1. The third kappa shape index (κ3) is 4.01. The number of H-pyrrole nitrogens is 1. The summed E-state index contributed by atoms with van der Waals surface area (Å²) in [7, 11) is 0. The number of rotatable bonds is 4. The number of nitrogens with one attached hydrogen (secondary N) is 3. The van der Waals surface area contributed by atoms with Gasteiger partial charge in [-0.2, -0.15) is 0 Å². The predicted octanol–water partition coefficient (Wildman–Crippen LogP) is 2.40. The van der Waals surface area contributed by atoms with Crippen molar-refractivity contribution < 1.29 is 4.79 Å². The number of carbonyl (C=O) groups is 1. The Morgan fingerprint density at radius 3 is 3.00 bits per heavy atom. The van der Waals surface area contributed by atoms with Gasteiger partial charge < -0.3 is 15.6 Å². The van der Waals surface area contributed by atoms with Gasteiger partial charge in [0, 0.05) is 24.1 Å². The summed E-state index contributed by atoms with van der Waals surface area (Å²) in [4.78, 5) is 31.2. The molecule has 1 unspecified atom stereocenters. The number of aryl methyl sites for hydroxylation is 2. The summed E-state index contributed by atoms with van der Waals surface area (Å²) in [5.74, 6) is 0. The number of aromatic nitrogens is 2. The zero-order valence-electron chi connectivity index (χ0n) is 13.8. The van der Waals surface area contributed by atoms with Gasteiger partial charge in [0.05, 0.1) is 0 Å². The highest BCUT2D eigenvalue weighted by molar-refractivity contribution is 5.89. The maximum absolute atomic E-state index is 12.1. The molecule has 1 aliphatic carbocycles. The van der Waals surface area contributed by atoms with E-state index in [4.69, 9.17) is 0 Å². The maximum atomic E-state index is 12.1. The second-order valence-corrected chi connectivity index (χ2v) is 6.29. The smallest absolute Gasteiger partial charge is 0.319 e. The lowest BCUT2D eigenvalue weighted by molar-refractivity contribution is 0.249. The van der Waals surface area contributed by atoms with Crippen LogP contribution < -0.4 is 16.2 Å². The van der Waals surface area contributed by atoms with E-state index in [0.717, 1.165) is 42.5 Å². The molecule has 0 spiro atoms. The summed E-state index contributed by atoms with van der Waals surface area (Å²) in [6.07, 6.45) is 8.25. The number of nitrogens with zero attached hydrogens (tertiary/aromatic N) is 1. The second kappa shape index (κ2) is 7.29. The Bertz CT molecular complexity index is 770. The predicted molar refractivity (Wildman–Crippen MR) is 93.3 cm³/mol. The molecule has 0 saturated heterocycles. The molecule has 6 nitrogen and oxygen atoms in total. The van der Waals surface area contributed by atoms with E-state index < -0.39 is 0 Å². The molecule has 2 aromatic heterocycles. The Morgan fingerprint density at radius 1 is 1.38 bits per heavy atom. The zero-order chi connectivity index (χ0) is 16.9. The lowest BCUT2D eigenvalue weighted by Crippen LogP contribution is -2.38. The number of hydrogen-bond acceptors (Lipinski definition) is 3. The Kier molecular flexibility index (Phi) is 4.93. The van der Waals surface area contributed by atoms with Crippen molar-refractivity contribution >= 4 is 11.7 Å². The minimum atomic E-state index is -0.368. The molecule has 0 aliphatic heterocycles. The van der Waals surface area contributed by atoms with Crippen LogP contribution in [0.5, 0.6) is 0 Å². The van der Waals surface area contributed by atoms with Crippen LogP contribution in [0.2, 0.25) is 0 Å². The van der Waals surface area contributed by atoms with Crippen molar-refractivity contribution in [1.29, 1.82) is 0 Å².